The maximum atomic E-state index is 9.88. The predicted octanol–water partition coefficient (Wildman–Crippen LogP) is 1.80. The molecule has 0 fully saturated rings. The summed E-state index contributed by atoms with van der Waals surface area (Å²) in [5, 5.41) is 35.9. The van der Waals surface area contributed by atoms with Crippen molar-refractivity contribution < 1.29 is 20.4 Å². The van der Waals surface area contributed by atoms with E-state index in [1.807, 2.05) is 20.8 Å². The highest BCUT2D eigenvalue weighted by Crippen LogP contribution is 2.30. The molecule has 4 heteroatoms. The van der Waals surface area contributed by atoms with Crippen molar-refractivity contribution in [2.24, 2.45) is 16.7 Å². The van der Waals surface area contributed by atoms with Crippen molar-refractivity contribution in [1.82, 2.24) is 0 Å². The summed E-state index contributed by atoms with van der Waals surface area (Å²) in [4.78, 5) is 0. The van der Waals surface area contributed by atoms with Crippen LogP contribution in [0, 0.1) is 16.7 Å². The first-order chi connectivity index (χ1) is 8.63. The monoisotopic (exact) mass is 278 g/mol. The average Bonchev–Trinajstić information content (AvgIpc) is 2.45. The molecule has 0 aromatic carbocycles. The minimum Gasteiger partial charge on any atom is -0.396 e. The molecule has 0 aliphatic rings. The van der Waals surface area contributed by atoms with E-state index in [1.54, 1.807) is 13.8 Å². The van der Waals surface area contributed by atoms with Crippen molar-refractivity contribution in [3.05, 3.63) is 0 Å². The van der Waals surface area contributed by atoms with Gasteiger partial charge in [-0.15, -0.1) is 0 Å². The molecular formula is C15H34O4. The zero-order valence-corrected chi connectivity index (χ0v) is 13.5. The lowest BCUT2D eigenvalue weighted by Crippen LogP contribution is -2.39. The van der Waals surface area contributed by atoms with E-state index in [9.17, 15) is 5.11 Å². The Balaban J connectivity index is 0. The number of aliphatic hydroxyl groups is 4. The summed E-state index contributed by atoms with van der Waals surface area (Å²) in [6.45, 7) is 11.8. The van der Waals surface area contributed by atoms with Gasteiger partial charge in [0.1, 0.15) is 0 Å². The first-order valence-corrected chi connectivity index (χ1v) is 7.14. The van der Waals surface area contributed by atoms with E-state index in [-0.39, 0.29) is 36.6 Å². The Morgan fingerprint density at radius 3 is 1.47 bits per heavy atom. The lowest BCUT2D eigenvalue weighted by Gasteiger charge is -2.35. The van der Waals surface area contributed by atoms with Gasteiger partial charge < -0.3 is 20.4 Å². The van der Waals surface area contributed by atoms with Crippen molar-refractivity contribution in [2.45, 2.75) is 60.5 Å². The largest absolute Gasteiger partial charge is 0.396 e. The van der Waals surface area contributed by atoms with E-state index in [2.05, 4.69) is 6.92 Å². The highest BCUT2D eigenvalue weighted by Gasteiger charge is 2.33. The number of hydrogen-bond acceptors (Lipinski definition) is 4. The molecule has 0 rings (SSSR count). The molecule has 0 aromatic heterocycles. The summed E-state index contributed by atoms with van der Waals surface area (Å²) in [6, 6.07) is 0. The standard InChI is InChI=1S/C10H22O2.C5H12O2/c1-5-8(3)9(12)10(4,6-2)7-11;1-5(2,3-6)4-7/h8-9,11-12H,5-7H2,1-4H3;6-7H,3-4H2,1-2H3. The number of rotatable bonds is 7. The van der Waals surface area contributed by atoms with Crippen LogP contribution in [0.2, 0.25) is 0 Å². The minimum atomic E-state index is -0.391. The van der Waals surface area contributed by atoms with Crippen LogP contribution in [0.5, 0.6) is 0 Å². The Kier molecular flexibility index (Phi) is 10.8. The Labute approximate surface area is 118 Å². The second-order valence-electron chi connectivity index (χ2n) is 6.48. The van der Waals surface area contributed by atoms with Crippen LogP contribution in [0.1, 0.15) is 54.4 Å². The van der Waals surface area contributed by atoms with E-state index in [1.165, 1.54) is 0 Å². The summed E-state index contributed by atoms with van der Waals surface area (Å²) in [5.74, 6) is 0.266. The molecule has 3 atom stereocenters. The van der Waals surface area contributed by atoms with Gasteiger partial charge >= 0.3 is 0 Å². The molecule has 0 aromatic rings. The van der Waals surface area contributed by atoms with Crippen molar-refractivity contribution in [2.75, 3.05) is 19.8 Å². The maximum Gasteiger partial charge on any atom is 0.0641 e. The molecule has 0 saturated heterocycles. The van der Waals surface area contributed by atoms with E-state index >= 15 is 0 Å². The lowest BCUT2D eigenvalue weighted by atomic mass is 9.76. The molecule has 0 spiro atoms. The van der Waals surface area contributed by atoms with Gasteiger partial charge in [0.25, 0.3) is 0 Å². The lowest BCUT2D eigenvalue weighted by molar-refractivity contribution is -0.0395. The second kappa shape index (κ2) is 9.70. The highest BCUT2D eigenvalue weighted by atomic mass is 16.3. The Bertz CT molecular complexity index is 206. The third-order valence-electron chi connectivity index (χ3n) is 3.92. The fourth-order valence-electron chi connectivity index (χ4n) is 1.37. The normalized spacial score (nSPS) is 18.0. The Morgan fingerprint density at radius 2 is 1.32 bits per heavy atom. The smallest absolute Gasteiger partial charge is 0.0641 e. The van der Waals surface area contributed by atoms with Crippen molar-refractivity contribution in [3.8, 4) is 0 Å². The molecule has 0 bridgehead atoms. The third kappa shape index (κ3) is 7.88. The van der Waals surface area contributed by atoms with E-state index in [0.29, 0.717) is 0 Å². The fraction of sp³-hybridized carbons (Fsp3) is 1.00. The first-order valence-electron chi connectivity index (χ1n) is 7.14. The molecule has 4 N–H and O–H groups in total. The molecule has 19 heavy (non-hydrogen) atoms. The zero-order chi connectivity index (χ0) is 15.7. The molecule has 0 heterocycles. The molecule has 0 radical (unpaired) electrons. The van der Waals surface area contributed by atoms with Crippen LogP contribution >= 0.6 is 0 Å². The van der Waals surface area contributed by atoms with E-state index in [0.717, 1.165) is 12.8 Å². The Hall–Kier alpha value is -0.160. The van der Waals surface area contributed by atoms with Crippen molar-refractivity contribution in [3.63, 3.8) is 0 Å². The Morgan fingerprint density at radius 1 is 0.895 bits per heavy atom. The van der Waals surface area contributed by atoms with Crippen LogP contribution in [0.4, 0.5) is 0 Å². The van der Waals surface area contributed by atoms with Gasteiger partial charge in [0.15, 0.2) is 0 Å². The van der Waals surface area contributed by atoms with Crippen LogP contribution in [0.3, 0.4) is 0 Å². The van der Waals surface area contributed by atoms with E-state index < -0.39 is 6.10 Å². The number of hydrogen-bond donors (Lipinski definition) is 4. The molecule has 118 valence electrons. The van der Waals surface area contributed by atoms with Gasteiger partial charge in [-0.3, -0.25) is 0 Å². The van der Waals surface area contributed by atoms with Gasteiger partial charge in [-0.25, -0.2) is 0 Å². The average molecular weight is 278 g/mol. The van der Waals surface area contributed by atoms with Gasteiger partial charge in [-0.1, -0.05) is 48.0 Å². The van der Waals surface area contributed by atoms with Crippen LogP contribution in [-0.2, 0) is 0 Å². The van der Waals surface area contributed by atoms with Gasteiger partial charge in [0.05, 0.1) is 25.9 Å². The van der Waals surface area contributed by atoms with Crippen LogP contribution in [0.15, 0.2) is 0 Å². The molecule has 0 saturated carbocycles. The van der Waals surface area contributed by atoms with Crippen LogP contribution in [0.25, 0.3) is 0 Å². The predicted molar refractivity (Wildman–Crippen MR) is 78.9 cm³/mol. The van der Waals surface area contributed by atoms with Crippen molar-refractivity contribution >= 4 is 0 Å². The van der Waals surface area contributed by atoms with Crippen LogP contribution in [-0.4, -0.2) is 46.4 Å². The summed E-state index contributed by atoms with van der Waals surface area (Å²) in [7, 11) is 0. The van der Waals surface area contributed by atoms with Crippen LogP contribution < -0.4 is 0 Å². The molecular weight excluding hydrogens is 244 g/mol. The van der Waals surface area contributed by atoms with Crippen molar-refractivity contribution in [1.29, 1.82) is 0 Å². The third-order valence-corrected chi connectivity index (χ3v) is 3.92. The summed E-state index contributed by atoms with van der Waals surface area (Å²) in [6.07, 6.45) is 1.38. The fourth-order valence-corrected chi connectivity index (χ4v) is 1.37. The van der Waals surface area contributed by atoms with Gasteiger partial charge in [0.2, 0.25) is 0 Å². The van der Waals surface area contributed by atoms with Gasteiger partial charge in [0, 0.05) is 10.8 Å². The van der Waals surface area contributed by atoms with Gasteiger partial charge in [-0.05, 0) is 12.3 Å². The molecule has 3 unspecified atom stereocenters. The second-order valence-corrected chi connectivity index (χ2v) is 6.48. The molecule has 0 amide bonds. The maximum absolute atomic E-state index is 9.88. The summed E-state index contributed by atoms with van der Waals surface area (Å²) >= 11 is 0. The van der Waals surface area contributed by atoms with E-state index in [4.69, 9.17) is 15.3 Å². The quantitative estimate of drug-likeness (QED) is 0.572. The molecule has 0 aliphatic carbocycles. The first kappa shape index (κ1) is 21.1. The summed E-state index contributed by atoms with van der Waals surface area (Å²) in [5.41, 5.74) is -0.630. The highest BCUT2D eigenvalue weighted by molar-refractivity contribution is 4.83. The molecule has 4 nitrogen and oxygen atoms in total. The zero-order valence-electron chi connectivity index (χ0n) is 13.5. The number of aliphatic hydroxyl groups excluding tert-OH is 4. The summed E-state index contributed by atoms with van der Waals surface area (Å²) < 4.78 is 0. The SMILES string of the molecule is CC(C)(CO)CO.CCC(C)C(O)C(C)(CC)CO. The topological polar surface area (TPSA) is 80.9 Å². The molecule has 0 aliphatic heterocycles. The van der Waals surface area contributed by atoms with Gasteiger partial charge in [-0.2, -0.15) is 0 Å². The minimum absolute atomic E-state index is 0.0451.